The Morgan fingerprint density at radius 1 is 1.20 bits per heavy atom. The third-order valence-corrected chi connectivity index (χ3v) is 3.88. The Labute approximate surface area is 144 Å². The monoisotopic (exact) mass is 338 g/mol. The highest BCUT2D eigenvalue weighted by atomic mass is 16.5. The van der Waals surface area contributed by atoms with E-state index in [9.17, 15) is 9.59 Å². The van der Waals surface area contributed by atoms with Crippen LogP contribution >= 0.6 is 0 Å². The SMILES string of the molecule is CCOC(=O)c1cc(C)n2nc(-c3ccc(C(N)=O)cc3C)cc2n1. The molecule has 25 heavy (non-hydrogen) atoms. The van der Waals surface area contributed by atoms with Gasteiger partial charge in [0, 0.05) is 22.9 Å². The lowest BCUT2D eigenvalue weighted by atomic mass is 10.0. The average Bonchev–Trinajstić information content (AvgIpc) is 2.99. The summed E-state index contributed by atoms with van der Waals surface area (Å²) in [7, 11) is 0. The molecule has 2 N–H and O–H groups in total. The molecule has 0 spiro atoms. The number of esters is 1. The predicted molar refractivity (Wildman–Crippen MR) is 92.4 cm³/mol. The molecule has 0 radical (unpaired) electrons. The first-order chi connectivity index (χ1) is 11.9. The van der Waals surface area contributed by atoms with Gasteiger partial charge in [0.25, 0.3) is 0 Å². The van der Waals surface area contributed by atoms with Gasteiger partial charge in [-0.25, -0.2) is 14.3 Å². The Bertz CT molecular complexity index is 991. The van der Waals surface area contributed by atoms with Gasteiger partial charge in [-0.3, -0.25) is 4.79 Å². The molecule has 0 aliphatic heterocycles. The highest BCUT2D eigenvalue weighted by molar-refractivity contribution is 5.93. The second-order valence-electron chi connectivity index (χ2n) is 5.70. The second-order valence-corrected chi connectivity index (χ2v) is 5.70. The van der Waals surface area contributed by atoms with Gasteiger partial charge in [0.15, 0.2) is 11.3 Å². The molecule has 0 aliphatic carbocycles. The van der Waals surface area contributed by atoms with Crippen molar-refractivity contribution in [3.05, 3.63) is 52.8 Å². The van der Waals surface area contributed by atoms with Crippen LogP contribution in [0.25, 0.3) is 16.9 Å². The number of primary amides is 1. The highest BCUT2D eigenvalue weighted by Crippen LogP contribution is 2.24. The molecule has 3 aromatic rings. The lowest BCUT2D eigenvalue weighted by Gasteiger charge is -2.04. The van der Waals surface area contributed by atoms with E-state index in [4.69, 9.17) is 10.5 Å². The van der Waals surface area contributed by atoms with Crippen LogP contribution in [0, 0.1) is 13.8 Å². The number of ether oxygens (including phenoxy) is 1. The molecular weight excluding hydrogens is 320 g/mol. The summed E-state index contributed by atoms with van der Waals surface area (Å²) in [5, 5.41) is 4.55. The standard InChI is InChI=1S/C18H18N4O3/c1-4-25-18(24)15-8-11(3)22-16(20-15)9-14(21-22)13-6-5-12(17(19)23)7-10(13)2/h5-9H,4H2,1-3H3,(H2,19,23). The van der Waals surface area contributed by atoms with E-state index in [1.54, 1.807) is 41.8 Å². The van der Waals surface area contributed by atoms with Crippen molar-refractivity contribution < 1.29 is 14.3 Å². The van der Waals surface area contributed by atoms with Crippen molar-refractivity contribution in [3.8, 4) is 11.3 Å². The normalized spacial score (nSPS) is 10.8. The maximum atomic E-state index is 11.9. The summed E-state index contributed by atoms with van der Waals surface area (Å²) in [5.41, 5.74) is 9.77. The quantitative estimate of drug-likeness (QED) is 0.736. The van der Waals surface area contributed by atoms with Crippen LogP contribution in [0.2, 0.25) is 0 Å². The van der Waals surface area contributed by atoms with Crippen LogP contribution in [0.15, 0.2) is 30.3 Å². The topological polar surface area (TPSA) is 99.6 Å². The summed E-state index contributed by atoms with van der Waals surface area (Å²) in [6.45, 7) is 5.77. The number of carbonyl (C=O) groups is 2. The highest BCUT2D eigenvalue weighted by Gasteiger charge is 2.15. The molecule has 0 atom stereocenters. The number of hydrogen-bond donors (Lipinski definition) is 1. The van der Waals surface area contributed by atoms with Gasteiger partial charge in [0.05, 0.1) is 12.3 Å². The molecule has 0 unspecified atom stereocenters. The molecule has 2 heterocycles. The summed E-state index contributed by atoms with van der Waals surface area (Å²) in [4.78, 5) is 27.5. The fraction of sp³-hybridized carbons (Fsp3) is 0.222. The Balaban J connectivity index is 2.08. The molecule has 2 aromatic heterocycles. The van der Waals surface area contributed by atoms with Gasteiger partial charge in [-0.05, 0) is 44.5 Å². The molecule has 0 fully saturated rings. The van der Waals surface area contributed by atoms with Gasteiger partial charge in [-0.15, -0.1) is 0 Å². The molecule has 128 valence electrons. The Morgan fingerprint density at radius 3 is 2.60 bits per heavy atom. The number of fused-ring (bicyclic) bond motifs is 1. The molecule has 0 bridgehead atoms. The summed E-state index contributed by atoms with van der Waals surface area (Å²) in [5.74, 6) is -0.931. The molecule has 0 saturated heterocycles. The molecule has 0 saturated carbocycles. The van der Waals surface area contributed by atoms with E-state index in [0.717, 1.165) is 16.8 Å². The van der Waals surface area contributed by atoms with Gasteiger partial charge in [-0.2, -0.15) is 5.10 Å². The molecule has 7 nitrogen and oxygen atoms in total. The fourth-order valence-electron chi connectivity index (χ4n) is 2.67. The molecule has 7 heteroatoms. The minimum atomic E-state index is -0.471. The third-order valence-electron chi connectivity index (χ3n) is 3.88. The summed E-state index contributed by atoms with van der Waals surface area (Å²) in [6, 6.07) is 8.64. The van der Waals surface area contributed by atoms with Crippen LogP contribution < -0.4 is 5.73 Å². The first-order valence-corrected chi connectivity index (χ1v) is 7.86. The number of amides is 1. The van der Waals surface area contributed by atoms with Crippen molar-refractivity contribution in [2.45, 2.75) is 20.8 Å². The molecule has 1 amide bonds. The van der Waals surface area contributed by atoms with Crippen molar-refractivity contribution in [2.75, 3.05) is 6.61 Å². The average molecular weight is 338 g/mol. The van der Waals surface area contributed by atoms with Gasteiger partial charge in [-0.1, -0.05) is 6.07 Å². The third kappa shape index (κ3) is 3.08. The van der Waals surface area contributed by atoms with Crippen molar-refractivity contribution in [1.29, 1.82) is 0 Å². The number of rotatable bonds is 4. The number of carbonyl (C=O) groups excluding carboxylic acids is 2. The van der Waals surface area contributed by atoms with E-state index in [1.807, 2.05) is 13.8 Å². The zero-order valence-electron chi connectivity index (χ0n) is 14.2. The summed E-state index contributed by atoms with van der Waals surface area (Å²) in [6.07, 6.45) is 0. The fourth-order valence-corrected chi connectivity index (χ4v) is 2.67. The Hall–Kier alpha value is -3.22. The minimum absolute atomic E-state index is 0.249. The van der Waals surface area contributed by atoms with E-state index in [-0.39, 0.29) is 5.69 Å². The molecule has 1 aromatic carbocycles. The number of nitrogens with two attached hydrogens (primary N) is 1. The zero-order chi connectivity index (χ0) is 18.1. The summed E-state index contributed by atoms with van der Waals surface area (Å²) < 4.78 is 6.67. The van der Waals surface area contributed by atoms with Crippen molar-refractivity contribution in [1.82, 2.24) is 14.6 Å². The lowest BCUT2D eigenvalue weighted by Crippen LogP contribution is -2.11. The predicted octanol–water partition coefficient (Wildman–Crippen LogP) is 2.29. The number of benzene rings is 1. The van der Waals surface area contributed by atoms with Crippen LogP contribution in [0.4, 0.5) is 0 Å². The van der Waals surface area contributed by atoms with E-state index < -0.39 is 11.9 Å². The van der Waals surface area contributed by atoms with Crippen LogP contribution in [0.1, 0.15) is 39.0 Å². The van der Waals surface area contributed by atoms with Crippen molar-refractivity contribution in [2.24, 2.45) is 5.73 Å². The maximum absolute atomic E-state index is 11.9. The van der Waals surface area contributed by atoms with E-state index in [2.05, 4.69) is 10.1 Å². The first kappa shape index (κ1) is 16.6. The lowest BCUT2D eigenvalue weighted by molar-refractivity contribution is 0.0519. The van der Waals surface area contributed by atoms with Crippen LogP contribution in [0.3, 0.4) is 0 Å². The number of aryl methyl sites for hydroxylation is 2. The molecular formula is C18H18N4O3. The molecule has 0 aliphatic rings. The molecule has 3 rings (SSSR count). The second kappa shape index (κ2) is 6.35. The Kier molecular flexibility index (Phi) is 4.22. The van der Waals surface area contributed by atoms with Crippen LogP contribution in [-0.4, -0.2) is 33.1 Å². The van der Waals surface area contributed by atoms with Gasteiger partial charge in [0.2, 0.25) is 5.91 Å². The van der Waals surface area contributed by atoms with E-state index in [1.165, 1.54) is 0 Å². The maximum Gasteiger partial charge on any atom is 0.357 e. The Morgan fingerprint density at radius 2 is 1.96 bits per heavy atom. The number of nitrogens with zero attached hydrogens (tertiary/aromatic N) is 3. The van der Waals surface area contributed by atoms with Crippen molar-refractivity contribution in [3.63, 3.8) is 0 Å². The van der Waals surface area contributed by atoms with Gasteiger partial charge < -0.3 is 10.5 Å². The first-order valence-electron chi connectivity index (χ1n) is 7.86. The van der Waals surface area contributed by atoms with E-state index in [0.29, 0.717) is 23.5 Å². The number of hydrogen-bond acceptors (Lipinski definition) is 5. The van der Waals surface area contributed by atoms with Crippen LogP contribution in [-0.2, 0) is 4.74 Å². The largest absolute Gasteiger partial charge is 0.461 e. The van der Waals surface area contributed by atoms with Crippen LogP contribution in [0.5, 0.6) is 0 Å². The smallest absolute Gasteiger partial charge is 0.357 e. The van der Waals surface area contributed by atoms with Gasteiger partial charge in [0.1, 0.15) is 0 Å². The summed E-state index contributed by atoms with van der Waals surface area (Å²) >= 11 is 0. The van der Waals surface area contributed by atoms with Gasteiger partial charge >= 0.3 is 5.97 Å². The number of aromatic nitrogens is 3. The minimum Gasteiger partial charge on any atom is -0.461 e. The van der Waals surface area contributed by atoms with E-state index >= 15 is 0 Å². The zero-order valence-corrected chi connectivity index (χ0v) is 14.2. The van der Waals surface area contributed by atoms with Crippen molar-refractivity contribution >= 4 is 17.5 Å².